The number of thiazole rings is 1. The van der Waals surface area contributed by atoms with E-state index in [0.717, 1.165) is 36.4 Å². The molecule has 11 nitrogen and oxygen atoms in total. The van der Waals surface area contributed by atoms with Crippen LogP contribution in [-0.4, -0.2) is 64.3 Å². The van der Waals surface area contributed by atoms with Gasteiger partial charge in [-0.3, -0.25) is 19.1 Å². The molecule has 1 aromatic carbocycles. The predicted octanol–water partition coefficient (Wildman–Crippen LogP) is 6.27. The standard InChI is InChI=1S/C38H48N4O7S2/c1-36(2,3)31-23-50-32(40-31)18-24-12-8-6-5-7-9-13-25-20-38(25,34(45)41-51(46,47)37(4)16-17-37)21-29(43)28-19-26(22-42(28)33(24)44)48-35-39-27-14-10-11-15-30(27)49-35/h9-11,13-15,23-26,28H,5-8,12,16-22H2,1-4H3,(H,41,45)/b13-9-/t24-,25+,26-,28+,38-/m1/s1. The van der Waals surface area contributed by atoms with E-state index in [9.17, 15) is 22.8 Å². The van der Waals surface area contributed by atoms with Crippen LogP contribution in [0.5, 0.6) is 6.08 Å². The first-order valence-corrected chi connectivity index (χ1v) is 20.6. The van der Waals surface area contributed by atoms with E-state index in [2.05, 4.69) is 41.9 Å². The van der Waals surface area contributed by atoms with Gasteiger partial charge in [0.1, 0.15) is 11.6 Å². The molecule has 4 heterocycles. The zero-order valence-electron chi connectivity index (χ0n) is 29.9. The SMILES string of the molecule is CC(C)(C)c1csc(C[C@H]2CCCCC/C=C\[C@H]3C[C@@]3(C(=O)NS(=O)(=O)C3(C)CC3)CC(=O)[C@@H]3C[C@@H](Oc4nc5ccccc5o4)CN3C2=O)n1. The third-order valence-electron chi connectivity index (χ3n) is 11.2. The number of allylic oxidation sites excluding steroid dienone is 2. The molecule has 2 aromatic heterocycles. The lowest BCUT2D eigenvalue weighted by Gasteiger charge is -2.29. The maximum Gasteiger partial charge on any atom is 0.394 e. The minimum Gasteiger partial charge on any atom is -0.445 e. The van der Waals surface area contributed by atoms with E-state index in [1.54, 1.807) is 29.2 Å². The van der Waals surface area contributed by atoms with Crippen LogP contribution in [0.4, 0.5) is 0 Å². The number of ether oxygens (including phenoxy) is 1. The van der Waals surface area contributed by atoms with Crippen LogP contribution in [0.25, 0.3) is 11.1 Å². The topological polar surface area (TPSA) is 149 Å². The van der Waals surface area contributed by atoms with Crippen molar-refractivity contribution in [3.8, 4) is 6.08 Å². The summed E-state index contributed by atoms with van der Waals surface area (Å²) in [6.45, 7) is 8.15. The van der Waals surface area contributed by atoms with E-state index in [1.165, 1.54) is 0 Å². The molecule has 2 saturated carbocycles. The van der Waals surface area contributed by atoms with Crippen LogP contribution in [0.1, 0.15) is 103 Å². The normalized spacial score (nSPS) is 29.1. The number of fused-ring (bicyclic) bond motifs is 3. The van der Waals surface area contributed by atoms with Crippen molar-refractivity contribution >= 4 is 50.1 Å². The Bertz CT molecular complexity index is 1920. The Morgan fingerprint density at radius 1 is 1.14 bits per heavy atom. The molecule has 1 saturated heterocycles. The highest BCUT2D eigenvalue weighted by Gasteiger charge is 2.62. The first-order chi connectivity index (χ1) is 24.2. The average molecular weight is 737 g/mol. The number of Topliss-reactive ketones (excluding diaryl/α,β-unsaturated/α-hetero) is 1. The summed E-state index contributed by atoms with van der Waals surface area (Å²) >= 11 is 1.56. The van der Waals surface area contributed by atoms with Gasteiger partial charge in [0.2, 0.25) is 21.8 Å². The number of hydrogen-bond donors (Lipinski definition) is 1. The molecular weight excluding hydrogens is 689 g/mol. The molecule has 4 aliphatic rings. The second-order valence-corrected chi connectivity index (χ2v) is 19.4. The van der Waals surface area contributed by atoms with Gasteiger partial charge in [0.15, 0.2) is 11.4 Å². The molecule has 3 aromatic rings. The summed E-state index contributed by atoms with van der Waals surface area (Å²) < 4.78 is 39.7. The maximum absolute atomic E-state index is 14.7. The number of nitrogens with one attached hydrogen (secondary N) is 1. The number of rotatable bonds is 7. The third kappa shape index (κ3) is 7.38. The Hall–Kier alpha value is -3.58. The number of ketones is 1. The van der Waals surface area contributed by atoms with E-state index >= 15 is 0 Å². The van der Waals surface area contributed by atoms with Gasteiger partial charge in [0.05, 0.1) is 33.5 Å². The lowest BCUT2D eigenvalue weighted by atomic mass is 9.90. The number of carbonyl (C=O) groups excluding carboxylic acids is 3. The van der Waals surface area contributed by atoms with Gasteiger partial charge in [-0.15, -0.1) is 11.3 Å². The zero-order valence-corrected chi connectivity index (χ0v) is 31.5. The zero-order chi connectivity index (χ0) is 36.2. The van der Waals surface area contributed by atoms with E-state index in [1.807, 2.05) is 24.3 Å². The van der Waals surface area contributed by atoms with Crippen LogP contribution < -0.4 is 9.46 Å². The summed E-state index contributed by atoms with van der Waals surface area (Å²) in [5, 5.41) is 2.95. The molecule has 7 rings (SSSR count). The molecule has 0 unspecified atom stereocenters. The first-order valence-electron chi connectivity index (χ1n) is 18.2. The molecule has 0 spiro atoms. The number of sulfonamides is 1. The van der Waals surface area contributed by atoms with E-state index in [4.69, 9.17) is 14.1 Å². The quantitative estimate of drug-likeness (QED) is 0.277. The largest absolute Gasteiger partial charge is 0.445 e. The number of oxazole rings is 1. The lowest BCUT2D eigenvalue weighted by molar-refractivity contribution is -0.142. The Labute approximate surface area is 303 Å². The van der Waals surface area contributed by atoms with Crippen molar-refractivity contribution in [3.63, 3.8) is 0 Å². The summed E-state index contributed by atoms with van der Waals surface area (Å²) in [6, 6.07) is 6.46. The Morgan fingerprint density at radius 2 is 1.92 bits per heavy atom. The number of nitrogens with zero attached hydrogens (tertiary/aromatic N) is 3. The van der Waals surface area contributed by atoms with Crippen molar-refractivity contribution in [1.29, 1.82) is 0 Å². The molecule has 13 heteroatoms. The van der Waals surface area contributed by atoms with E-state index < -0.39 is 44.2 Å². The van der Waals surface area contributed by atoms with Crippen LogP contribution in [-0.2, 0) is 36.2 Å². The van der Waals surface area contributed by atoms with Gasteiger partial charge in [-0.05, 0) is 63.5 Å². The third-order valence-corrected chi connectivity index (χ3v) is 14.3. The van der Waals surface area contributed by atoms with Crippen molar-refractivity contribution in [2.24, 2.45) is 17.3 Å². The highest BCUT2D eigenvalue weighted by molar-refractivity contribution is 7.91. The monoisotopic (exact) mass is 736 g/mol. The van der Waals surface area contributed by atoms with Crippen LogP contribution in [0.2, 0.25) is 0 Å². The fourth-order valence-corrected chi connectivity index (χ4v) is 9.86. The van der Waals surface area contributed by atoms with Crippen LogP contribution in [0.3, 0.4) is 0 Å². The van der Waals surface area contributed by atoms with Crippen LogP contribution in [0, 0.1) is 17.3 Å². The molecule has 2 aliphatic heterocycles. The molecule has 2 amide bonds. The number of carbonyl (C=O) groups is 3. The number of hydrogen-bond acceptors (Lipinski definition) is 10. The van der Waals surface area contributed by atoms with Gasteiger partial charge in [0, 0.05) is 36.0 Å². The highest BCUT2D eigenvalue weighted by atomic mass is 32.2. The summed E-state index contributed by atoms with van der Waals surface area (Å²) in [6.07, 6.45) is 9.56. The lowest BCUT2D eigenvalue weighted by Crippen LogP contribution is -2.47. The summed E-state index contributed by atoms with van der Waals surface area (Å²) in [5.74, 6) is -1.69. The van der Waals surface area contributed by atoms with E-state index in [0.29, 0.717) is 43.2 Å². The van der Waals surface area contributed by atoms with Crippen LogP contribution in [0.15, 0.2) is 46.2 Å². The molecule has 3 fully saturated rings. The summed E-state index contributed by atoms with van der Waals surface area (Å²) in [7, 11) is -3.90. The van der Waals surface area contributed by atoms with Crippen molar-refractivity contribution in [3.05, 3.63) is 52.5 Å². The first kappa shape index (κ1) is 35.8. The Kier molecular flexibility index (Phi) is 9.43. The van der Waals surface area contributed by atoms with Gasteiger partial charge in [-0.2, -0.15) is 4.98 Å². The highest BCUT2D eigenvalue weighted by Crippen LogP contribution is 2.57. The van der Waals surface area contributed by atoms with E-state index in [-0.39, 0.29) is 48.5 Å². The second kappa shape index (κ2) is 13.4. The van der Waals surface area contributed by atoms with Gasteiger partial charge >= 0.3 is 6.08 Å². The minimum absolute atomic E-state index is 0.0694. The van der Waals surface area contributed by atoms with Gasteiger partial charge < -0.3 is 14.1 Å². The Morgan fingerprint density at radius 3 is 2.65 bits per heavy atom. The van der Waals surface area contributed by atoms with Crippen molar-refractivity contribution in [2.45, 2.75) is 121 Å². The number of amides is 2. The molecular formula is C38H48N4O7S2. The summed E-state index contributed by atoms with van der Waals surface area (Å²) in [4.78, 5) is 54.0. The molecule has 5 atom stereocenters. The molecule has 51 heavy (non-hydrogen) atoms. The number of para-hydroxylation sites is 2. The second-order valence-electron chi connectivity index (χ2n) is 16.3. The van der Waals surface area contributed by atoms with Crippen LogP contribution >= 0.6 is 11.3 Å². The maximum atomic E-state index is 14.7. The van der Waals surface area contributed by atoms with Crippen molar-refractivity contribution in [2.75, 3.05) is 6.54 Å². The average Bonchev–Trinajstić information content (AvgIpc) is 3.73. The number of benzene rings is 1. The molecule has 0 bridgehead atoms. The predicted molar refractivity (Wildman–Crippen MR) is 194 cm³/mol. The van der Waals surface area contributed by atoms with Crippen molar-refractivity contribution < 1.29 is 32.0 Å². The number of aromatic nitrogens is 2. The molecule has 0 radical (unpaired) electrons. The molecule has 1 N–H and O–H groups in total. The fourth-order valence-electron chi connectivity index (χ4n) is 7.42. The van der Waals surface area contributed by atoms with Gasteiger partial charge in [-0.1, -0.05) is 57.9 Å². The molecule has 274 valence electrons. The van der Waals surface area contributed by atoms with Crippen molar-refractivity contribution in [1.82, 2.24) is 19.6 Å². The molecule has 2 aliphatic carbocycles. The van der Waals surface area contributed by atoms with Gasteiger partial charge in [0.25, 0.3) is 0 Å². The smallest absolute Gasteiger partial charge is 0.394 e. The Balaban J connectivity index is 1.18. The minimum atomic E-state index is -3.90. The fraction of sp³-hybridized carbons (Fsp3) is 0.605. The summed E-state index contributed by atoms with van der Waals surface area (Å²) in [5.41, 5.74) is 0.890. The van der Waals surface area contributed by atoms with Gasteiger partial charge in [-0.25, -0.2) is 13.4 Å².